The molecule has 18 rings (SSSR count). The number of ether oxygens (including phenoxy) is 1. The van der Waals surface area contributed by atoms with Crippen molar-refractivity contribution in [3.8, 4) is 63.8 Å². The van der Waals surface area contributed by atoms with Gasteiger partial charge in [0.2, 0.25) is 0 Å². The van der Waals surface area contributed by atoms with Crippen molar-refractivity contribution in [2.45, 2.75) is 5.41 Å². The zero-order valence-electron chi connectivity index (χ0n) is 44.4. The minimum Gasteiger partial charge on any atom is -0.452 e. The van der Waals surface area contributed by atoms with Crippen molar-refractivity contribution in [3.63, 3.8) is 0 Å². The van der Waals surface area contributed by atoms with Crippen molar-refractivity contribution in [1.29, 1.82) is 15.8 Å². The number of hydrogen-bond donors (Lipinski definition) is 0. The highest BCUT2D eigenvalue weighted by atomic mass is 16.5. The molecule has 0 bridgehead atoms. The van der Waals surface area contributed by atoms with Gasteiger partial charge in [-0.25, -0.2) is 0 Å². The number of aromatic nitrogens is 6. The Morgan fingerprint density at radius 2 is 0.631 bits per heavy atom. The highest BCUT2D eigenvalue weighted by Gasteiger charge is 2.54. The molecule has 7 heterocycles. The minimum atomic E-state index is -1.17. The Balaban J connectivity index is 1.02. The number of fused-ring (bicyclic) bond motifs is 21. The van der Waals surface area contributed by atoms with Gasteiger partial charge in [-0.15, -0.1) is 0 Å². The fourth-order valence-corrected chi connectivity index (χ4v) is 14.4. The lowest BCUT2D eigenvalue weighted by molar-refractivity contribution is 0.433. The number of rotatable bonds is 4. The van der Waals surface area contributed by atoms with E-state index in [-0.39, 0.29) is 0 Å². The maximum absolute atomic E-state index is 10.3. The molecular formula is C74H39N9O. The summed E-state index contributed by atoms with van der Waals surface area (Å²) in [4.78, 5) is 11.2. The van der Waals surface area contributed by atoms with Gasteiger partial charge in [0, 0.05) is 65.3 Å². The number of hydrogen-bond acceptors (Lipinski definition) is 6. The largest absolute Gasteiger partial charge is 0.452 e. The molecule has 1 aliphatic carbocycles. The molecule has 10 nitrogen and oxygen atoms in total. The first-order valence-electron chi connectivity index (χ1n) is 27.8. The predicted molar refractivity (Wildman–Crippen MR) is 331 cm³/mol. The second-order valence-corrected chi connectivity index (χ2v) is 21.8. The Morgan fingerprint density at radius 1 is 0.310 bits per heavy atom. The molecule has 0 saturated heterocycles. The summed E-state index contributed by atoms with van der Waals surface area (Å²) in [6, 6.07) is 84.8. The average molecular weight is 1070 g/mol. The lowest BCUT2D eigenvalue weighted by Crippen LogP contribution is -2.33. The molecule has 0 saturated carbocycles. The van der Waals surface area contributed by atoms with Crippen LogP contribution in [0.25, 0.3) is 121 Å². The lowest BCUT2D eigenvalue weighted by Gasteiger charge is -2.40. The average Bonchev–Trinajstić information content (AvgIpc) is 1.46. The Morgan fingerprint density at radius 3 is 1.01 bits per heavy atom. The van der Waals surface area contributed by atoms with Crippen LogP contribution in [0.2, 0.25) is 0 Å². The van der Waals surface area contributed by atoms with E-state index >= 15 is 0 Å². The van der Waals surface area contributed by atoms with E-state index in [2.05, 4.69) is 200 Å². The fraction of sp³-hybridized carbons (Fsp3) is 0.0135. The van der Waals surface area contributed by atoms with Crippen molar-refractivity contribution >= 4 is 87.2 Å². The van der Waals surface area contributed by atoms with Gasteiger partial charge >= 0.3 is 0 Å². The lowest BCUT2D eigenvalue weighted by atomic mass is 9.66. The molecule has 1 aliphatic heterocycles. The summed E-state index contributed by atoms with van der Waals surface area (Å²) in [5.74, 6) is 1.33. The van der Waals surface area contributed by atoms with Gasteiger partial charge in [-0.05, 0) is 109 Å². The molecule has 10 heteroatoms. The summed E-state index contributed by atoms with van der Waals surface area (Å²) in [6.45, 7) is 0. The van der Waals surface area contributed by atoms with E-state index in [1.54, 1.807) is 0 Å². The van der Waals surface area contributed by atoms with Crippen LogP contribution in [0.5, 0.6) is 11.5 Å². The molecule has 0 N–H and O–H groups in total. The van der Waals surface area contributed by atoms with E-state index in [0.717, 1.165) is 144 Å². The SMILES string of the molecule is N#Cc1ccc2c(c1)c1cc(C#N)ccc1n2-c1cnc2c(c1)C1(c3cc(-n4c5ccccc5c5ccccc54)cnc3-2)c2cccc(-n3c4ccccc4c4ccccc43)c2Oc2c(-n3c4ccccc4c4cc(C#N)ccc43)cccc21. The molecule has 84 heavy (non-hydrogen) atoms. The monoisotopic (exact) mass is 1070 g/mol. The Bertz CT molecular complexity index is 5610. The van der Waals surface area contributed by atoms with Gasteiger partial charge in [0.15, 0.2) is 11.5 Å². The molecule has 0 fully saturated rings. The van der Waals surface area contributed by atoms with Gasteiger partial charge in [0.05, 0.1) is 131 Å². The summed E-state index contributed by atoms with van der Waals surface area (Å²) in [6.07, 6.45) is 3.92. The predicted octanol–water partition coefficient (Wildman–Crippen LogP) is 16.9. The third kappa shape index (κ3) is 5.88. The molecule has 2 aliphatic rings. The third-order valence-electron chi connectivity index (χ3n) is 17.8. The summed E-state index contributed by atoms with van der Waals surface area (Å²) >= 11 is 0. The van der Waals surface area contributed by atoms with E-state index in [1.807, 2.05) is 73.1 Å². The van der Waals surface area contributed by atoms with Gasteiger partial charge in [-0.1, -0.05) is 115 Å². The van der Waals surface area contributed by atoms with E-state index in [0.29, 0.717) is 28.2 Å². The minimum absolute atomic E-state index is 0.523. The van der Waals surface area contributed by atoms with E-state index in [1.165, 1.54) is 0 Å². The molecule has 6 aromatic heterocycles. The van der Waals surface area contributed by atoms with Gasteiger partial charge in [0.25, 0.3) is 0 Å². The number of nitriles is 3. The smallest absolute Gasteiger partial charge is 0.156 e. The van der Waals surface area contributed by atoms with Crippen LogP contribution in [0.1, 0.15) is 38.9 Å². The van der Waals surface area contributed by atoms with Crippen LogP contribution < -0.4 is 4.74 Å². The van der Waals surface area contributed by atoms with Crippen molar-refractivity contribution < 1.29 is 4.74 Å². The molecule has 1 unspecified atom stereocenters. The van der Waals surface area contributed by atoms with Crippen LogP contribution in [0.15, 0.2) is 237 Å². The van der Waals surface area contributed by atoms with Crippen LogP contribution in [0.4, 0.5) is 0 Å². The maximum Gasteiger partial charge on any atom is 0.156 e. The Kier molecular flexibility index (Phi) is 9.14. The number of pyridine rings is 2. The molecule has 10 aromatic carbocycles. The quantitative estimate of drug-likeness (QED) is 0.173. The topological polar surface area (TPSA) is 126 Å². The first kappa shape index (κ1) is 45.8. The van der Waals surface area contributed by atoms with Gasteiger partial charge in [0.1, 0.15) is 0 Å². The molecule has 1 spiro atoms. The second kappa shape index (κ2) is 16.8. The number of nitrogens with zero attached hydrogens (tertiary/aromatic N) is 9. The van der Waals surface area contributed by atoms with Crippen molar-refractivity contribution in [1.82, 2.24) is 28.2 Å². The number of benzene rings is 10. The highest BCUT2D eigenvalue weighted by molar-refractivity contribution is 6.13. The van der Waals surface area contributed by atoms with E-state index < -0.39 is 5.41 Å². The molecule has 0 radical (unpaired) electrons. The first-order valence-corrected chi connectivity index (χ1v) is 27.8. The standard InChI is InChI=1S/C74H39N9O/c75-38-43-29-32-67-53(33-43)52-17-5-10-24-64(52)83(67)69-26-12-19-57-73(69)84-72-56(18-11-25-68(72)82-62-22-8-3-15-50(62)51-16-4-9-23-63(51)82)74(57)58-36-46(80-60-20-6-1-13-48(60)49-14-2-7-21-61(49)80)41-78-70(58)71-59(74)37-47(42-79-71)81-65-30-27-44(39-76)34-54(65)55-35-45(40-77)28-31-66(55)81/h1-37,41-42H. The third-order valence-corrected chi connectivity index (χ3v) is 17.8. The van der Waals surface area contributed by atoms with E-state index in [4.69, 9.17) is 14.7 Å². The Hall–Kier alpha value is -12.0. The normalized spacial score (nSPS) is 14.1. The summed E-state index contributed by atoms with van der Waals surface area (Å²) in [7, 11) is 0. The molecule has 386 valence electrons. The summed E-state index contributed by atoms with van der Waals surface area (Å²) in [5.41, 5.74) is 16.8. The number of para-hydroxylation sites is 7. The van der Waals surface area contributed by atoms with Crippen LogP contribution in [0.3, 0.4) is 0 Å². The molecule has 16 aromatic rings. The van der Waals surface area contributed by atoms with Gasteiger partial charge in [-0.2, -0.15) is 15.8 Å². The van der Waals surface area contributed by atoms with Crippen molar-refractivity contribution in [3.05, 3.63) is 276 Å². The second-order valence-electron chi connectivity index (χ2n) is 21.8. The zero-order valence-corrected chi connectivity index (χ0v) is 44.4. The molecule has 0 amide bonds. The molecule has 1 atom stereocenters. The van der Waals surface area contributed by atoms with Crippen LogP contribution in [-0.4, -0.2) is 28.2 Å². The highest BCUT2D eigenvalue weighted by Crippen LogP contribution is 2.64. The Labute approximate surface area is 478 Å². The summed E-state index contributed by atoms with van der Waals surface area (Å²) < 4.78 is 17.1. The first-order chi connectivity index (χ1) is 41.5. The van der Waals surface area contributed by atoms with E-state index in [9.17, 15) is 15.8 Å². The van der Waals surface area contributed by atoms with Gasteiger partial charge in [-0.3, -0.25) is 9.97 Å². The van der Waals surface area contributed by atoms with Gasteiger partial charge < -0.3 is 23.0 Å². The van der Waals surface area contributed by atoms with Crippen LogP contribution in [0, 0.1) is 34.0 Å². The summed E-state index contributed by atoms with van der Waals surface area (Å²) in [5, 5.41) is 38.9. The zero-order chi connectivity index (χ0) is 55.5. The van der Waals surface area contributed by atoms with Crippen LogP contribution in [-0.2, 0) is 5.41 Å². The van der Waals surface area contributed by atoms with Crippen molar-refractivity contribution in [2.24, 2.45) is 0 Å². The maximum atomic E-state index is 10.3. The fourth-order valence-electron chi connectivity index (χ4n) is 14.4. The van der Waals surface area contributed by atoms with Crippen LogP contribution >= 0.6 is 0 Å². The molecular weight excluding hydrogens is 1030 g/mol. The van der Waals surface area contributed by atoms with Crippen molar-refractivity contribution in [2.75, 3.05) is 0 Å².